The van der Waals surface area contributed by atoms with Gasteiger partial charge in [0, 0.05) is 11.6 Å². The molecular formula is C24H22N4O8. The van der Waals surface area contributed by atoms with Crippen LogP contribution in [-0.2, 0) is 0 Å². The van der Waals surface area contributed by atoms with Gasteiger partial charge in [-0.1, -0.05) is 19.1 Å². The van der Waals surface area contributed by atoms with Gasteiger partial charge in [-0.2, -0.15) is 5.10 Å². The summed E-state index contributed by atoms with van der Waals surface area (Å²) in [7, 11) is 1.48. The summed E-state index contributed by atoms with van der Waals surface area (Å²) in [4.78, 5) is 33.2. The molecule has 0 aromatic heterocycles. The van der Waals surface area contributed by atoms with Gasteiger partial charge in [-0.3, -0.25) is 25.0 Å². The highest BCUT2D eigenvalue weighted by Crippen LogP contribution is 2.34. The van der Waals surface area contributed by atoms with E-state index in [1.165, 1.54) is 19.4 Å². The normalized spacial score (nSPS) is 10.6. The summed E-state index contributed by atoms with van der Waals surface area (Å²) in [6.45, 7) is 2.50. The van der Waals surface area contributed by atoms with Crippen molar-refractivity contribution in [2.24, 2.45) is 5.10 Å². The number of nitrogens with one attached hydrogen (secondary N) is 1. The van der Waals surface area contributed by atoms with Gasteiger partial charge < -0.3 is 14.2 Å². The lowest BCUT2D eigenvalue weighted by Gasteiger charge is -2.11. The van der Waals surface area contributed by atoms with Gasteiger partial charge >= 0.3 is 5.69 Å². The monoisotopic (exact) mass is 494 g/mol. The molecule has 3 rings (SSSR count). The molecule has 0 spiro atoms. The van der Waals surface area contributed by atoms with Crippen LogP contribution < -0.4 is 19.6 Å². The summed E-state index contributed by atoms with van der Waals surface area (Å²) < 4.78 is 16.4. The molecule has 0 aliphatic carbocycles. The number of hydrogen-bond donors (Lipinski definition) is 1. The molecule has 0 aliphatic heterocycles. The number of methoxy groups -OCH3 is 1. The van der Waals surface area contributed by atoms with Crippen molar-refractivity contribution in [1.82, 2.24) is 5.43 Å². The molecule has 12 nitrogen and oxygen atoms in total. The molecule has 0 unspecified atom stereocenters. The van der Waals surface area contributed by atoms with Gasteiger partial charge in [0.15, 0.2) is 11.5 Å². The first-order valence-electron chi connectivity index (χ1n) is 10.7. The summed E-state index contributed by atoms with van der Waals surface area (Å²) in [5.41, 5.74) is 2.28. The third-order valence-corrected chi connectivity index (χ3v) is 4.70. The van der Waals surface area contributed by atoms with Gasteiger partial charge in [-0.15, -0.1) is 0 Å². The topological polar surface area (TPSA) is 155 Å². The first-order valence-corrected chi connectivity index (χ1v) is 10.7. The lowest BCUT2D eigenvalue weighted by molar-refractivity contribution is -0.394. The molecule has 0 radical (unpaired) electrons. The van der Waals surface area contributed by atoms with Crippen LogP contribution in [0.25, 0.3) is 0 Å². The van der Waals surface area contributed by atoms with Crippen molar-refractivity contribution in [2.45, 2.75) is 13.3 Å². The first kappa shape index (κ1) is 25.6. The minimum absolute atomic E-state index is 0.159. The quantitative estimate of drug-likeness (QED) is 0.225. The van der Waals surface area contributed by atoms with Crippen LogP contribution in [0.3, 0.4) is 0 Å². The molecule has 0 aliphatic rings. The second kappa shape index (κ2) is 11.9. The Bertz CT molecular complexity index is 1310. The van der Waals surface area contributed by atoms with Crippen LogP contribution >= 0.6 is 0 Å². The average molecular weight is 494 g/mol. The molecule has 1 N–H and O–H groups in total. The lowest BCUT2D eigenvalue weighted by atomic mass is 10.2. The fourth-order valence-corrected chi connectivity index (χ4v) is 3.00. The third-order valence-electron chi connectivity index (χ3n) is 4.70. The smallest absolute Gasteiger partial charge is 0.318 e. The van der Waals surface area contributed by atoms with Crippen molar-refractivity contribution in [3.63, 3.8) is 0 Å². The Kier molecular flexibility index (Phi) is 8.49. The number of hydrogen-bond acceptors (Lipinski definition) is 9. The number of carbonyl (C=O) groups is 1. The highest BCUT2D eigenvalue weighted by molar-refractivity contribution is 5.95. The summed E-state index contributed by atoms with van der Waals surface area (Å²) in [5.74, 6) is 0.554. The van der Waals surface area contributed by atoms with E-state index in [2.05, 4.69) is 10.5 Å². The first-order chi connectivity index (χ1) is 17.3. The van der Waals surface area contributed by atoms with Crippen molar-refractivity contribution >= 4 is 23.5 Å². The fourth-order valence-electron chi connectivity index (χ4n) is 3.00. The zero-order chi connectivity index (χ0) is 26.1. The number of hydrazone groups is 1. The summed E-state index contributed by atoms with van der Waals surface area (Å²) in [5, 5.41) is 26.1. The highest BCUT2D eigenvalue weighted by atomic mass is 16.6. The molecule has 0 saturated heterocycles. The number of nitro benzene ring substituents is 2. The van der Waals surface area contributed by atoms with Crippen molar-refractivity contribution in [2.75, 3.05) is 13.7 Å². The van der Waals surface area contributed by atoms with Gasteiger partial charge in [-0.25, -0.2) is 5.43 Å². The molecule has 186 valence electrons. The molecule has 1 amide bonds. The van der Waals surface area contributed by atoms with Gasteiger partial charge in [0.25, 0.3) is 11.6 Å². The predicted molar refractivity (Wildman–Crippen MR) is 130 cm³/mol. The Morgan fingerprint density at radius 1 is 1.00 bits per heavy atom. The zero-order valence-corrected chi connectivity index (χ0v) is 19.4. The second-order valence-corrected chi connectivity index (χ2v) is 7.25. The van der Waals surface area contributed by atoms with Crippen molar-refractivity contribution < 1.29 is 28.9 Å². The van der Waals surface area contributed by atoms with Crippen LogP contribution in [0.5, 0.6) is 23.0 Å². The number of nitrogens with zero attached hydrogens (tertiary/aromatic N) is 3. The number of ether oxygens (including phenoxy) is 3. The minimum Gasteiger partial charge on any atom is -0.493 e. The Labute approximate surface area is 205 Å². The number of amides is 1. The second-order valence-electron chi connectivity index (χ2n) is 7.25. The summed E-state index contributed by atoms with van der Waals surface area (Å²) in [6, 6.07) is 14.2. The van der Waals surface area contributed by atoms with E-state index in [4.69, 9.17) is 14.2 Å². The van der Waals surface area contributed by atoms with E-state index in [0.717, 1.165) is 24.6 Å². The molecule has 0 atom stereocenters. The molecule has 0 saturated carbocycles. The van der Waals surface area contributed by atoms with Crippen LogP contribution in [0.4, 0.5) is 11.4 Å². The van der Waals surface area contributed by atoms with Crippen LogP contribution in [0.2, 0.25) is 0 Å². The number of benzene rings is 3. The van der Waals surface area contributed by atoms with E-state index < -0.39 is 27.1 Å². The van der Waals surface area contributed by atoms with Gasteiger partial charge in [0.1, 0.15) is 5.75 Å². The van der Waals surface area contributed by atoms with Crippen LogP contribution in [-0.4, -0.2) is 35.7 Å². The third kappa shape index (κ3) is 6.53. The summed E-state index contributed by atoms with van der Waals surface area (Å²) in [6.07, 6.45) is 2.20. The number of rotatable bonds is 11. The SMILES string of the molecule is CCCOc1ccc(C(=O)N/N=C/c2cccc(Oc3ccc([N+](=O)[O-])cc3[N+](=O)[O-])c2)cc1OC. The Morgan fingerprint density at radius 2 is 1.78 bits per heavy atom. The Balaban J connectivity index is 1.70. The highest BCUT2D eigenvalue weighted by Gasteiger charge is 2.21. The van der Waals surface area contributed by atoms with Crippen LogP contribution in [0.1, 0.15) is 29.3 Å². The molecule has 3 aromatic carbocycles. The van der Waals surface area contributed by atoms with Crippen molar-refractivity contribution in [3.8, 4) is 23.0 Å². The van der Waals surface area contributed by atoms with E-state index in [1.54, 1.807) is 36.4 Å². The van der Waals surface area contributed by atoms with Crippen molar-refractivity contribution in [1.29, 1.82) is 0 Å². The standard InChI is InChI=1S/C24H22N4O8/c1-3-11-35-22-9-7-17(13-23(22)34-2)24(29)26-25-15-16-5-4-6-19(12-16)36-21-10-8-18(27(30)31)14-20(21)28(32)33/h4-10,12-15H,3,11H2,1-2H3,(H,26,29)/b25-15+. The Morgan fingerprint density at radius 3 is 2.47 bits per heavy atom. The molecule has 3 aromatic rings. The van der Waals surface area contributed by atoms with Crippen LogP contribution in [0.15, 0.2) is 65.8 Å². The number of non-ortho nitro benzene ring substituents is 1. The van der Waals surface area contributed by atoms with E-state index in [-0.39, 0.29) is 11.5 Å². The minimum atomic E-state index is -0.763. The Hall–Kier alpha value is -5.00. The number of carbonyl (C=O) groups excluding carboxylic acids is 1. The predicted octanol–water partition coefficient (Wildman–Crippen LogP) is 4.86. The molecule has 0 heterocycles. The van der Waals surface area contributed by atoms with Gasteiger partial charge in [0.05, 0.1) is 35.8 Å². The van der Waals surface area contributed by atoms with Gasteiger partial charge in [0.2, 0.25) is 5.75 Å². The van der Waals surface area contributed by atoms with Crippen LogP contribution in [0, 0.1) is 20.2 Å². The molecule has 0 bridgehead atoms. The lowest BCUT2D eigenvalue weighted by Crippen LogP contribution is -2.17. The largest absolute Gasteiger partial charge is 0.493 e. The van der Waals surface area contributed by atoms with Crippen molar-refractivity contribution in [3.05, 3.63) is 92.0 Å². The maximum absolute atomic E-state index is 12.5. The van der Waals surface area contributed by atoms with E-state index in [0.29, 0.717) is 29.2 Å². The molecular weight excluding hydrogens is 472 g/mol. The fraction of sp³-hybridized carbons (Fsp3) is 0.167. The molecule has 36 heavy (non-hydrogen) atoms. The molecule has 0 fully saturated rings. The maximum atomic E-state index is 12.5. The molecule has 12 heteroatoms. The maximum Gasteiger partial charge on any atom is 0.318 e. The van der Waals surface area contributed by atoms with E-state index >= 15 is 0 Å². The van der Waals surface area contributed by atoms with Gasteiger partial charge in [-0.05, 0) is 48.4 Å². The number of nitro groups is 2. The summed E-state index contributed by atoms with van der Waals surface area (Å²) >= 11 is 0. The zero-order valence-electron chi connectivity index (χ0n) is 19.4. The average Bonchev–Trinajstić information content (AvgIpc) is 2.87. The van der Waals surface area contributed by atoms with E-state index in [9.17, 15) is 25.0 Å². The van der Waals surface area contributed by atoms with E-state index in [1.807, 2.05) is 6.92 Å².